The average molecular weight is 172 g/mol. The predicted molar refractivity (Wildman–Crippen MR) is 54.4 cm³/mol. The normalized spacial score (nSPS) is 16.0. The zero-order chi connectivity index (χ0) is 9.40. The van der Waals surface area contributed by atoms with Crippen molar-refractivity contribution in [2.45, 2.75) is 72.0 Å². The Morgan fingerprint density at radius 3 is 2.17 bits per heavy atom. The van der Waals surface area contributed by atoms with Crippen LogP contribution >= 0.6 is 0 Å². The lowest BCUT2D eigenvalue weighted by atomic mass is 10.1. The van der Waals surface area contributed by atoms with Gasteiger partial charge in [0.1, 0.15) is 0 Å². The first-order chi connectivity index (χ1) is 5.70. The van der Waals surface area contributed by atoms with Gasteiger partial charge < -0.3 is 4.74 Å². The minimum absolute atomic E-state index is 0.432. The van der Waals surface area contributed by atoms with Gasteiger partial charge in [0.15, 0.2) is 0 Å². The number of rotatable bonds is 7. The van der Waals surface area contributed by atoms with E-state index in [1.165, 1.54) is 25.7 Å². The molecule has 0 radical (unpaired) electrons. The molecule has 0 aromatic heterocycles. The number of unbranched alkanes of at least 4 members (excludes halogenated alkanes) is 2. The molecule has 2 atom stereocenters. The van der Waals surface area contributed by atoms with Gasteiger partial charge in [-0.05, 0) is 26.7 Å². The van der Waals surface area contributed by atoms with Crippen LogP contribution in [0.2, 0.25) is 0 Å². The lowest BCUT2D eigenvalue weighted by molar-refractivity contribution is 0.00140. The van der Waals surface area contributed by atoms with Gasteiger partial charge in [-0.2, -0.15) is 0 Å². The lowest BCUT2D eigenvalue weighted by Crippen LogP contribution is -2.16. The van der Waals surface area contributed by atoms with Crippen LogP contribution in [0.3, 0.4) is 0 Å². The van der Waals surface area contributed by atoms with Crippen molar-refractivity contribution in [2.75, 3.05) is 0 Å². The molecule has 1 heteroatoms. The molecular formula is C11H24O. The Bertz CT molecular complexity index is 91.0. The maximum absolute atomic E-state index is 5.75. The molecular weight excluding hydrogens is 148 g/mol. The highest BCUT2D eigenvalue weighted by molar-refractivity contribution is 4.54. The van der Waals surface area contributed by atoms with Gasteiger partial charge in [-0.3, -0.25) is 0 Å². The maximum Gasteiger partial charge on any atom is 0.0550 e. The molecule has 0 heterocycles. The largest absolute Gasteiger partial charge is 0.376 e. The molecule has 0 aliphatic carbocycles. The second-order valence-electron chi connectivity index (χ2n) is 3.66. The van der Waals surface area contributed by atoms with Crippen LogP contribution < -0.4 is 0 Å². The van der Waals surface area contributed by atoms with E-state index in [0.29, 0.717) is 12.2 Å². The standard InChI is InChI=1S/C11H24O/c1-5-7-8-9-11(4)12-10(3)6-2/h10-11H,5-9H2,1-4H3. The maximum atomic E-state index is 5.75. The summed E-state index contributed by atoms with van der Waals surface area (Å²) in [5, 5.41) is 0. The molecule has 0 bridgehead atoms. The SMILES string of the molecule is CCCCCC(C)OC(C)CC. The molecule has 12 heavy (non-hydrogen) atoms. The monoisotopic (exact) mass is 172 g/mol. The summed E-state index contributed by atoms with van der Waals surface area (Å²) in [7, 11) is 0. The van der Waals surface area contributed by atoms with Crippen molar-refractivity contribution < 1.29 is 4.74 Å². The van der Waals surface area contributed by atoms with E-state index >= 15 is 0 Å². The summed E-state index contributed by atoms with van der Waals surface area (Å²) in [5.74, 6) is 0. The smallest absolute Gasteiger partial charge is 0.0550 e. The van der Waals surface area contributed by atoms with Crippen LogP contribution in [-0.2, 0) is 4.74 Å². The molecule has 0 aliphatic heterocycles. The van der Waals surface area contributed by atoms with E-state index in [9.17, 15) is 0 Å². The van der Waals surface area contributed by atoms with Crippen LogP contribution in [0.5, 0.6) is 0 Å². The van der Waals surface area contributed by atoms with Crippen molar-refractivity contribution in [3.05, 3.63) is 0 Å². The van der Waals surface area contributed by atoms with Gasteiger partial charge in [0, 0.05) is 0 Å². The van der Waals surface area contributed by atoms with Crippen LogP contribution in [0.4, 0.5) is 0 Å². The minimum atomic E-state index is 0.432. The predicted octanol–water partition coefficient (Wildman–Crippen LogP) is 3.77. The first-order valence-electron chi connectivity index (χ1n) is 5.36. The van der Waals surface area contributed by atoms with Gasteiger partial charge in [0.2, 0.25) is 0 Å². The van der Waals surface area contributed by atoms with E-state index < -0.39 is 0 Å². The van der Waals surface area contributed by atoms with Crippen LogP contribution in [0, 0.1) is 0 Å². The molecule has 0 spiro atoms. The fourth-order valence-corrected chi connectivity index (χ4v) is 1.24. The highest BCUT2D eigenvalue weighted by Crippen LogP contribution is 2.09. The number of hydrogen-bond donors (Lipinski definition) is 0. The third kappa shape index (κ3) is 6.66. The molecule has 74 valence electrons. The first kappa shape index (κ1) is 12.0. The quantitative estimate of drug-likeness (QED) is 0.531. The summed E-state index contributed by atoms with van der Waals surface area (Å²) in [6.07, 6.45) is 7.18. The zero-order valence-electron chi connectivity index (χ0n) is 9.10. The Kier molecular flexibility index (Phi) is 7.58. The molecule has 0 amide bonds. The summed E-state index contributed by atoms with van der Waals surface area (Å²) in [6, 6.07) is 0. The highest BCUT2D eigenvalue weighted by atomic mass is 16.5. The Hall–Kier alpha value is -0.0400. The first-order valence-corrected chi connectivity index (χ1v) is 5.36. The Morgan fingerprint density at radius 1 is 1.00 bits per heavy atom. The highest BCUT2D eigenvalue weighted by Gasteiger charge is 2.05. The van der Waals surface area contributed by atoms with Gasteiger partial charge in [-0.25, -0.2) is 0 Å². The summed E-state index contributed by atoms with van der Waals surface area (Å²) in [6.45, 7) is 8.74. The van der Waals surface area contributed by atoms with Crippen LogP contribution in [0.25, 0.3) is 0 Å². The van der Waals surface area contributed by atoms with E-state index in [1.807, 2.05) is 0 Å². The van der Waals surface area contributed by atoms with Crippen molar-refractivity contribution in [1.29, 1.82) is 0 Å². The third-order valence-electron chi connectivity index (χ3n) is 2.25. The van der Waals surface area contributed by atoms with Gasteiger partial charge in [0.25, 0.3) is 0 Å². The van der Waals surface area contributed by atoms with Crippen molar-refractivity contribution in [2.24, 2.45) is 0 Å². The van der Waals surface area contributed by atoms with Crippen molar-refractivity contribution in [1.82, 2.24) is 0 Å². The fourth-order valence-electron chi connectivity index (χ4n) is 1.24. The summed E-state index contributed by atoms with van der Waals surface area (Å²) in [5.41, 5.74) is 0. The topological polar surface area (TPSA) is 9.23 Å². The van der Waals surface area contributed by atoms with E-state index in [2.05, 4.69) is 27.7 Å². The van der Waals surface area contributed by atoms with E-state index in [4.69, 9.17) is 4.74 Å². The number of ether oxygens (including phenoxy) is 1. The van der Waals surface area contributed by atoms with E-state index in [1.54, 1.807) is 0 Å². The molecule has 0 aromatic rings. The van der Waals surface area contributed by atoms with E-state index in [-0.39, 0.29) is 0 Å². The number of hydrogen-bond acceptors (Lipinski definition) is 1. The average Bonchev–Trinajstić information content (AvgIpc) is 2.05. The van der Waals surface area contributed by atoms with Crippen LogP contribution in [0.1, 0.15) is 59.8 Å². The molecule has 0 saturated heterocycles. The van der Waals surface area contributed by atoms with Crippen molar-refractivity contribution >= 4 is 0 Å². The Labute approximate surface area is 77.5 Å². The van der Waals surface area contributed by atoms with Crippen molar-refractivity contribution in [3.8, 4) is 0 Å². The van der Waals surface area contributed by atoms with E-state index in [0.717, 1.165) is 6.42 Å². The van der Waals surface area contributed by atoms with Crippen LogP contribution in [0.15, 0.2) is 0 Å². The third-order valence-corrected chi connectivity index (χ3v) is 2.25. The van der Waals surface area contributed by atoms with Gasteiger partial charge >= 0.3 is 0 Å². The summed E-state index contributed by atoms with van der Waals surface area (Å²) >= 11 is 0. The Balaban J connectivity index is 3.26. The summed E-state index contributed by atoms with van der Waals surface area (Å²) in [4.78, 5) is 0. The molecule has 0 N–H and O–H groups in total. The molecule has 2 unspecified atom stereocenters. The van der Waals surface area contributed by atoms with Gasteiger partial charge in [-0.15, -0.1) is 0 Å². The summed E-state index contributed by atoms with van der Waals surface area (Å²) < 4.78 is 5.75. The molecule has 0 fully saturated rings. The molecule has 0 saturated carbocycles. The molecule has 0 aromatic carbocycles. The zero-order valence-corrected chi connectivity index (χ0v) is 9.10. The van der Waals surface area contributed by atoms with Gasteiger partial charge in [-0.1, -0.05) is 33.1 Å². The minimum Gasteiger partial charge on any atom is -0.376 e. The van der Waals surface area contributed by atoms with Crippen molar-refractivity contribution in [3.63, 3.8) is 0 Å². The second-order valence-corrected chi connectivity index (χ2v) is 3.66. The lowest BCUT2D eigenvalue weighted by Gasteiger charge is -2.17. The van der Waals surface area contributed by atoms with Crippen LogP contribution in [-0.4, -0.2) is 12.2 Å². The van der Waals surface area contributed by atoms with Gasteiger partial charge in [0.05, 0.1) is 12.2 Å². The molecule has 0 rings (SSSR count). The Morgan fingerprint density at radius 2 is 1.67 bits per heavy atom. The second kappa shape index (κ2) is 7.60. The fraction of sp³-hybridized carbons (Fsp3) is 1.00. The molecule has 1 nitrogen and oxygen atoms in total. The molecule has 0 aliphatic rings.